The Hall–Kier alpha value is -2.13. The molecule has 0 aliphatic rings. The molecule has 0 amide bonds. The van der Waals surface area contributed by atoms with Crippen LogP contribution in [-0.4, -0.2) is 11.1 Å². The Kier molecular flexibility index (Phi) is 3.76. The third kappa shape index (κ3) is 2.69. The molecule has 1 N–H and O–H groups in total. The van der Waals surface area contributed by atoms with Crippen molar-refractivity contribution >= 4 is 28.1 Å². The van der Waals surface area contributed by atoms with Crippen molar-refractivity contribution in [1.29, 1.82) is 0 Å². The maximum Gasteiger partial charge on any atom is 0.307 e. The SMILES string of the molecule is CCc1ccc(-c2cccc3c(CC(=O)O)cccc23)s1. The zero-order valence-corrected chi connectivity index (χ0v) is 12.6. The summed E-state index contributed by atoms with van der Waals surface area (Å²) in [6.07, 6.45) is 1.10. The van der Waals surface area contributed by atoms with Gasteiger partial charge in [-0.25, -0.2) is 0 Å². The van der Waals surface area contributed by atoms with E-state index in [1.165, 1.54) is 15.3 Å². The van der Waals surface area contributed by atoms with Crippen LogP contribution >= 0.6 is 11.3 Å². The van der Waals surface area contributed by atoms with Crippen molar-refractivity contribution in [3.05, 3.63) is 59.0 Å². The number of aliphatic carboxylic acids is 1. The van der Waals surface area contributed by atoms with Gasteiger partial charge in [0.15, 0.2) is 0 Å². The molecule has 0 unspecified atom stereocenters. The quantitative estimate of drug-likeness (QED) is 0.754. The van der Waals surface area contributed by atoms with Crippen LogP contribution in [0.1, 0.15) is 17.4 Å². The van der Waals surface area contributed by atoms with E-state index in [9.17, 15) is 4.79 Å². The van der Waals surface area contributed by atoms with E-state index in [2.05, 4.69) is 31.2 Å². The Morgan fingerprint density at radius 1 is 1.05 bits per heavy atom. The minimum atomic E-state index is -0.794. The maximum atomic E-state index is 11.0. The van der Waals surface area contributed by atoms with Gasteiger partial charge in [0.1, 0.15) is 0 Å². The summed E-state index contributed by atoms with van der Waals surface area (Å²) in [5.74, 6) is -0.794. The number of hydrogen-bond acceptors (Lipinski definition) is 2. The molecule has 3 heteroatoms. The number of rotatable bonds is 4. The first-order chi connectivity index (χ1) is 10.2. The van der Waals surface area contributed by atoms with Gasteiger partial charge in [-0.3, -0.25) is 4.79 Å². The Morgan fingerprint density at radius 2 is 1.81 bits per heavy atom. The summed E-state index contributed by atoms with van der Waals surface area (Å²) < 4.78 is 0. The Bertz CT molecular complexity index is 802. The molecule has 0 bridgehead atoms. The molecule has 1 heterocycles. The lowest BCUT2D eigenvalue weighted by Gasteiger charge is -2.08. The molecule has 2 nitrogen and oxygen atoms in total. The van der Waals surface area contributed by atoms with Gasteiger partial charge in [-0.05, 0) is 40.5 Å². The van der Waals surface area contributed by atoms with Crippen LogP contribution in [0.2, 0.25) is 0 Å². The van der Waals surface area contributed by atoms with Crippen LogP contribution in [0.4, 0.5) is 0 Å². The van der Waals surface area contributed by atoms with E-state index in [1.54, 1.807) is 11.3 Å². The van der Waals surface area contributed by atoms with E-state index in [0.29, 0.717) is 0 Å². The molecule has 3 aromatic rings. The topological polar surface area (TPSA) is 37.3 Å². The highest BCUT2D eigenvalue weighted by molar-refractivity contribution is 7.15. The second-order valence-electron chi connectivity index (χ2n) is 5.01. The van der Waals surface area contributed by atoms with Crippen molar-refractivity contribution < 1.29 is 9.90 Å². The third-order valence-electron chi connectivity index (χ3n) is 3.63. The Morgan fingerprint density at radius 3 is 2.52 bits per heavy atom. The fourth-order valence-electron chi connectivity index (χ4n) is 2.62. The number of carboxylic acids is 1. The Balaban J connectivity index is 2.18. The van der Waals surface area contributed by atoms with Crippen molar-refractivity contribution in [3.63, 3.8) is 0 Å². The number of fused-ring (bicyclic) bond motifs is 1. The van der Waals surface area contributed by atoms with Gasteiger partial charge in [-0.15, -0.1) is 11.3 Å². The second kappa shape index (κ2) is 5.70. The number of hydrogen-bond donors (Lipinski definition) is 1. The highest BCUT2D eigenvalue weighted by Crippen LogP contribution is 2.35. The minimum Gasteiger partial charge on any atom is -0.481 e. The molecule has 106 valence electrons. The standard InChI is InChI=1S/C18H16O2S/c1-2-13-9-10-17(21-13)16-8-4-6-14-12(11-18(19)20)5-3-7-15(14)16/h3-10H,2,11H2,1H3,(H,19,20). The van der Waals surface area contributed by atoms with Crippen LogP contribution in [0.25, 0.3) is 21.2 Å². The monoisotopic (exact) mass is 296 g/mol. The van der Waals surface area contributed by atoms with E-state index >= 15 is 0 Å². The van der Waals surface area contributed by atoms with Crippen molar-refractivity contribution in [2.75, 3.05) is 0 Å². The predicted octanol–water partition coefficient (Wildman–Crippen LogP) is 4.76. The van der Waals surface area contributed by atoms with Crippen molar-refractivity contribution in [2.45, 2.75) is 19.8 Å². The summed E-state index contributed by atoms with van der Waals surface area (Å²) in [4.78, 5) is 13.6. The van der Waals surface area contributed by atoms with Crippen molar-refractivity contribution in [3.8, 4) is 10.4 Å². The average molecular weight is 296 g/mol. The molecule has 3 rings (SSSR count). The van der Waals surface area contributed by atoms with E-state index < -0.39 is 5.97 Å². The summed E-state index contributed by atoms with van der Waals surface area (Å²) >= 11 is 1.80. The van der Waals surface area contributed by atoms with Gasteiger partial charge < -0.3 is 5.11 Å². The molecule has 0 aliphatic heterocycles. The van der Waals surface area contributed by atoms with Crippen molar-refractivity contribution in [1.82, 2.24) is 0 Å². The van der Waals surface area contributed by atoms with Crippen LogP contribution < -0.4 is 0 Å². The van der Waals surface area contributed by atoms with Crippen LogP contribution in [0, 0.1) is 0 Å². The molecule has 2 aromatic carbocycles. The number of benzene rings is 2. The van der Waals surface area contributed by atoms with Gasteiger partial charge in [0.25, 0.3) is 0 Å². The molecule has 0 atom stereocenters. The molecule has 0 radical (unpaired) electrons. The fraction of sp³-hybridized carbons (Fsp3) is 0.167. The van der Waals surface area contributed by atoms with Gasteiger partial charge in [-0.2, -0.15) is 0 Å². The molecular formula is C18H16O2S. The first-order valence-corrected chi connectivity index (χ1v) is 7.82. The number of carboxylic acid groups (broad SMARTS) is 1. The smallest absolute Gasteiger partial charge is 0.307 e. The molecule has 0 aliphatic carbocycles. The Labute approximate surface area is 127 Å². The van der Waals surface area contributed by atoms with E-state index in [-0.39, 0.29) is 6.42 Å². The summed E-state index contributed by atoms with van der Waals surface area (Å²) in [5, 5.41) is 11.2. The largest absolute Gasteiger partial charge is 0.481 e. The first kappa shape index (κ1) is 13.8. The zero-order chi connectivity index (χ0) is 14.8. The van der Waals surface area contributed by atoms with Gasteiger partial charge in [0.2, 0.25) is 0 Å². The van der Waals surface area contributed by atoms with Gasteiger partial charge >= 0.3 is 5.97 Å². The minimum absolute atomic E-state index is 0.0610. The number of carbonyl (C=O) groups is 1. The van der Waals surface area contributed by atoms with Crippen LogP contribution in [0.5, 0.6) is 0 Å². The highest BCUT2D eigenvalue weighted by atomic mass is 32.1. The van der Waals surface area contributed by atoms with Gasteiger partial charge in [0, 0.05) is 9.75 Å². The molecule has 0 fully saturated rings. The van der Waals surface area contributed by atoms with E-state index in [4.69, 9.17) is 5.11 Å². The van der Waals surface area contributed by atoms with Gasteiger partial charge in [-0.1, -0.05) is 43.3 Å². The lowest BCUT2D eigenvalue weighted by atomic mass is 9.98. The molecule has 0 saturated carbocycles. The first-order valence-electron chi connectivity index (χ1n) is 7.00. The molecule has 0 saturated heterocycles. The van der Waals surface area contributed by atoms with Crippen LogP contribution in [0.3, 0.4) is 0 Å². The maximum absolute atomic E-state index is 11.0. The zero-order valence-electron chi connectivity index (χ0n) is 11.8. The number of aryl methyl sites for hydroxylation is 1. The lowest BCUT2D eigenvalue weighted by molar-refractivity contribution is -0.136. The summed E-state index contributed by atoms with van der Waals surface area (Å²) in [7, 11) is 0. The summed E-state index contributed by atoms with van der Waals surface area (Å²) in [5.41, 5.74) is 2.05. The molecule has 21 heavy (non-hydrogen) atoms. The van der Waals surface area contributed by atoms with E-state index in [0.717, 1.165) is 22.8 Å². The normalized spacial score (nSPS) is 10.9. The van der Waals surface area contributed by atoms with Gasteiger partial charge in [0.05, 0.1) is 6.42 Å². The molecular weight excluding hydrogens is 280 g/mol. The summed E-state index contributed by atoms with van der Waals surface area (Å²) in [6.45, 7) is 2.16. The molecule has 1 aromatic heterocycles. The van der Waals surface area contributed by atoms with E-state index in [1.807, 2.05) is 24.3 Å². The van der Waals surface area contributed by atoms with Crippen LogP contribution in [-0.2, 0) is 17.6 Å². The fourth-order valence-corrected chi connectivity index (χ4v) is 3.61. The second-order valence-corrected chi connectivity index (χ2v) is 6.18. The predicted molar refractivity (Wildman–Crippen MR) is 88.0 cm³/mol. The highest BCUT2D eigenvalue weighted by Gasteiger charge is 2.10. The summed E-state index contributed by atoms with van der Waals surface area (Å²) in [6, 6.07) is 16.4. The lowest BCUT2D eigenvalue weighted by Crippen LogP contribution is -2.00. The number of thiophene rings is 1. The molecule has 0 spiro atoms. The third-order valence-corrected chi connectivity index (χ3v) is 4.89. The average Bonchev–Trinajstić information content (AvgIpc) is 2.95. The van der Waals surface area contributed by atoms with Crippen LogP contribution in [0.15, 0.2) is 48.5 Å². The van der Waals surface area contributed by atoms with Crippen molar-refractivity contribution in [2.24, 2.45) is 0 Å².